The highest BCUT2D eigenvalue weighted by atomic mass is 16.6. The van der Waals surface area contributed by atoms with Gasteiger partial charge in [0.25, 0.3) is 11.8 Å². The molecule has 7 N–H and O–H groups in total. The fourth-order valence-corrected chi connectivity index (χ4v) is 4.48. The van der Waals surface area contributed by atoms with E-state index in [9.17, 15) is 24.0 Å². The zero-order valence-electron chi connectivity index (χ0n) is 24.8. The monoisotopic (exact) mass is 603 g/mol. The number of fused-ring (bicyclic) bond motifs is 1. The predicted octanol–water partition coefficient (Wildman–Crippen LogP) is 0.424. The van der Waals surface area contributed by atoms with Crippen LogP contribution < -0.4 is 27.5 Å². The Morgan fingerprint density at radius 2 is 1.81 bits per heavy atom. The van der Waals surface area contributed by atoms with Crippen LogP contribution in [-0.4, -0.2) is 97.3 Å². The summed E-state index contributed by atoms with van der Waals surface area (Å²) in [6, 6.07) is 3.82. The minimum Gasteiger partial charge on any atom is -0.444 e. The molecule has 3 rings (SSSR count). The van der Waals surface area contributed by atoms with Crippen LogP contribution in [-0.2, 0) is 23.8 Å². The van der Waals surface area contributed by atoms with Gasteiger partial charge in [0.05, 0.1) is 44.1 Å². The van der Waals surface area contributed by atoms with Gasteiger partial charge in [0.2, 0.25) is 11.8 Å². The van der Waals surface area contributed by atoms with Crippen molar-refractivity contribution >= 4 is 35.4 Å². The largest absolute Gasteiger partial charge is 0.444 e. The van der Waals surface area contributed by atoms with E-state index in [0.717, 1.165) is 4.90 Å². The van der Waals surface area contributed by atoms with E-state index >= 15 is 0 Å². The number of imide groups is 2. The second kappa shape index (κ2) is 15.3. The third-order valence-electron chi connectivity index (χ3n) is 6.49. The summed E-state index contributed by atoms with van der Waals surface area (Å²) in [5.74, 6) is 3.89. The van der Waals surface area contributed by atoms with Crippen LogP contribution in [0.4, 0.5) is 10.5 Å². The number of carbonyl (C=O) groups excluding carboxylic acids is 5. The fourth-order valence-electron chi connectivity index (χ4n) is 4.48. The summed E-state index contributed by atoms with van der Waals surface area (Å²) in [5, 5.41) is 9.41. The van der Waals surface area contributed by atoms with Crippen molar-refractivity contribution < 1.29 is 38.2 Å². The SMILES string of the molecule is CC(C)(C)OC(=O)NCCOCCOCCN(N)/C(=C\N)CCNc1cccc2c1C(=O)N(C1CCC(=O)NC1=O)C2=O. The number of anilines is 1. The number of amides is 5. The lowest BCUT2D eigenvalue weighted by atomic mass is 10.0. The number of rotatable bonds is 15. The lowest BCUT2D eigenvalue weighted by Crippen LogP contribution is -2.54. The first kappa shape index (κ1) is 33.3. The van der Waals surface area contributed by atoms with Gasteiger partial charge in [-0.05, 0) is 39.3 Å². The van der Waals surface area contributed by atoms with Crippen molar-refractivity contribution in [3.8, 4) is 0 Å². The second-order valence-corrected chi connectivity index (χ2v) is 10.9. The number of hydrogen-bond acceptors (Lipinski definition) is 12. The Morgan fingerprint density at radius 1 is 1.09 bits per heavy atom. The molecular weight excluding hydrogens is 562 g/mol. The van der Waals surface area contributed by atoms with Crippen molar-refractivity contribution in [2.75, 3.05) is 51.4 Å². The summed E-state index contributed by atoms with van der Waals surface area (Å²) >= 11 is 0. The van der Waals surface area contributed by atoms with Crippen LogP contribution in [0.15, 0.2) is 30.1 Å². The zero-order chi connectivity index (χ0) is 31.6. The highest BCUT2D eigenvalue weighted by Crippen LogP contribution is 2.32. The number of benzene rings is 1. The minimum absolute atomic E-state index is 0.0482. The summed E-state index contributed by atoms with van der Waals surface area (Å²) in [6.45, 7) is 7.70. The van der Waals surface area contributed by atoms with E-state index in [0.29, 0.717) is 63.9 Å². The number of alkyl carbamates (subject to hydrolysis) is 1. The first-order chi connectivity index (χ1) is 20.4. The highest BCUT2D eigenvalue weighted by molar-refractivity contribution is 6.25. The molecule has 0 bridgehead atoms. The standard InChI is InChI=1S/C28H41N7O8/c1-28(2,3)43-27(40)32-11-13-41-15-16-42-14-12-34(30)18(17-29)9-10-31-20-6-4-5-19-23(20)26(39)35(25(19)38)21-7-8-22(36)33-24(21)37/h4-6,17,21,31H,7-16,29-30H2,1-3H3,(H,32,40)(H,33,36,37)/b18-17-. The van der Waals surface area contributed by atoms with Crippen LogP contribution in [0.25, 0.3) is 0 Å². The van der Waals surface area contributed by atoms with Gasteiger partial charge in [0.1, 0.15) is 11.6 Å². The fraction of sp³-hybridized carbons (Fsp3) is 0.536. The number of ether oxygens (including phenoxy) is 3. The van der Waals surface area contributed by atoms with Gasteiger partial charge in [-0.3, -0.25) is 29.4 Å². The average molecular weight is 604 g/mol. The molecule has 0 radical (unpaired) electrons. The van der Waals surface area contributed by atoms with Gasteiger partial charge in [-0.15, -0.1) is 0 Å². The molecule has 2 aliphatic heterocycles. The number of piperidine rings is 1. The quantitative estimate of drug-likeness (QED) is 0.0800. The highest BCUT2D eigenvalue weighted by Gasteiger charge is 2.45. The molecule has 1 aromatic rings. The maximum absolute atomic E-state index is 13.2. The lowest BCUT2D eigenvalue weighted by molar-refractivity contribution is -0.136. The normalized spacial score (nSPS) is 17.1. The number of hydrazine groups is 1. The van der Waals surface area contributed by atoms with Gasteiger partial charge in [0.15, 0.2) is 0 Å². The van der Waals surface area contributed by atoms with Crippen molar-refractivity contribution in [2.45, 2.75) is 51.7 Å². The summed E-state index contributed by atoms with van der Waals surface area (Å²) in [6.07, 6.45) is 1.43. The van der Waals surface area contributed by atoms with E-state index in [1.165, 1.54) is 17.3 Å². The van der Waals surface area contributed by atoms with Gasteiger partial charge in [-0.2, -0.15) is 0 Å². The van der Waals surface area contributed by atoms with Crippen molar-refractivity contribution in [1.82, 2.24) is 20.5 Å². The Kier molecular flexibility index (Phi) is 11.9. The lowest BCUT2D eigenvalue weighted by Gasteiger charge is -2.27. The molecule has 236 valence electrons. The number of nitrogens with one attached hydrogen (secondary N) is 3. The predicted molar refractivity (Wildman–Crippen MR) is 155 cm³/mol. The number of carbonyl (C=O) groups is 5. The third kappa shape index (κ3) is 9.39. The molecule has 0 aromatic heterocycles. The smallest absolute Gasteiger partial charge is 0.407 e. The average Bonchev–Trinajstić information content (AvgIpc) is 3.19. The number of nitrogens with two attached hydrogens (primary N) is 2. The topological polar surface area (TPSA) is 208 Å². The molecule has 1 saturated heterocycles. The molecular formula is C28H41N7O8. The molecule has 0 aliphatic carbocycles. The molecule has 1 fully saturated rings. The molecule has 1 unspecified atom stereocenters. The molecule has 1 atom stereocenters. The van der Waals surface area contributed by atoms with Gasteiger partial charge in [0, 0.05) is 43.5 Å². The molecule has 1 aromatic carbocycles. The van der Waals surface area contributed by atoms with Crippen molar-refractivity contribution in [1.29, 1.82) is 0 Å². The van der Waals surface area contributed by atoms with Crippen LogP contribution in [0, 0.1) is 0 Å². The summed E-state index contributed by atoms with van der Waals surface area (Å²) in [4.78, 5) is 62.6. The summed E-state index contributed by atoms with van der Waals surface area (Å²) in [5.41, 5.74) is 6.66. The Labute approximate surface area is 250 Å². The van der Waals surface area contributed by atoms with Crippen LogP contribution in [0.3, 0.4) is 0 Å². The van der Waals surface area contributed by atoms with Crippen molar-refractivity contribution in [2.24, 2.45) is 11.6 Å². The van der Waals surface area contributed by atoms with Crippen LogP contribution in [0.1, 0.15) is 60.7 Å². The molecule has 2 heterocycles. The van der Waals surface area contributed by atoms with Gasteiger partial charge < -0.3 is 35.6 Å². The Morgan fingerprint density at radius 3 is 2.49 bits per heavy atom. The van der Waals surface area contributed by atoms with E-state index in [4.69, 9.17) is 25.8 Å². The molecule has 0 saturated carbocycles. The van der Waals surface area contributed by atoms with Gasteiger partial charge in [-0.25, -0.2) is 10.6 Å². The maximum atomic E-state index is 13.2. The van der Waals surface area contributed by atoms with Crippen LogP contribution >= 0.6 is 0 Å². The van der Waals surface area contributed by atoms with Gasteiger partial charge >= 0.3 is 6.09 Å². The number of hydrogen-bond donors (Lipinski definition) is 5. The van der Waals surface area contributed by atoms with E-state index in [1.807, 2.05) is 0 Å². The zero-order valence-corrected chi connectivity index (χ0v) is 24.8. The Hall–Kier alpha value is -4.21. The molecule has 43 heavy (non-hydrogen) atoms. The third-order valence-corrected chi connectivity index (χ3v) is 6.49. The first-order valence-corrected chi connectivity index (χ1v) is 14.1. The van der Waals surface area contributed by atoms with Crippen molar-refractivity contribution in [3.63, 3.8) is 0 Å². The van der Waals surface area contributed by atoms with E-state index in [-0.39, 0.29) is 24.0 Å². The summed E-state index contributed by atoms with van der Waals surface area (Å²) < 4.78 is 16.1. The van der Waals surface area contributed by atoms with E-state index in [2.05, 4.69) is 16.0 Å². The van der Waals surface area contributed by atoms with E-state index in [1.54, 1.807) is 32.9 Å². The first-order valence-electron chi connectivity index (χ1n) is 14.1. The number of nitrogens with zero attached hydrogens (tertiary/aromatic N) is 2. The molecule has 0 spiro atoms. The van der Waals surface area contributed by atoms with Crippen molar-refractivity contribution in [3.05, 3.63) is 41.2 Å². The van der Waals surface area contributed by atoms with Crippen LogP contribution in [0.2, 0.25) is 0 Å². The molecule has 2 aliphatic rings. The second-order valence-electron chi connectivity index (χ2n) is 10.9. The maximum Gasteiger partial charge on any atom is 0.407 e. The Bertz CT molecular complexity index is 1230. The van der Waals surface area contributed by atoms with Gasteiger partial charge in [-0.1, -0.05) is 6.07 Å². The molecule has 15 heteroatoms. The molecule has 15 nitrogen and oxygen atoms in total. The molecule has 5 amide bonds. The van der Waals surface area contributed by atoms with Crippen LogP contribution in [0.5, 0.6) is 0 Å². The minimum atomic E-state index is -1.04. The summed E-state index contributed by atoms with van der Waals surface area (Å²) in [7, 11) is 0. The Balaban J connectivity index is 1.37. The van der Waals surface area contributed by atoms with E-state index < -0.39 is 41.4 Å².